The molecule has 0 aliphatic heterocycles. The Labute approximate surface area is 490 Å². The number of benzene rings is 11. The van der Waals surface area contributed by atoms with Crippen molar-refractivity contribution in [1.29, 1.82) is 0 Å². The van der Waals surface area contributed by atoms with E-state index in [1.807, 2.05) is 182 Å². The molecule has 11 aromatic carbocycles. The summed E-state index contributed by atoms with van der Waals surface area (Å²) in [7, 11) is 0. The summed E-state index contributed by atoms with van der Waals surface area (Å²) in [6.07, 6.45) is 0. The highest BCUT2D eigenvalue weighted by Gasteiger charge is 2.20. The van der Waals surface area contributed by atoms with E-state index in [4.69, 9.17) is 44.9 Å². The molecule has 10 nitrogen and oxygen atoms in total. The molecule has 0 amide bonds. The van der Waals surface area contributed by atoms with Gasteiger partial charge in [-0.15, -0.1) is 0 Å². The van der Waals surface area contributed by atoms with Gasteiger partial charge in [-0.2, -0.15) is 0 Å². The zero-order valence-electron chi connectivity index (χ0n) is 45.7. The molecule has 0 aliphatic carbocycles. The standard InChI is InChI=1S/C75H48N10/c1-7-22-49(23-8-1)67-76-68(50-24-9-2-10-25-50)80-73(79-67)59-36-19-34-55(44-59)57-40-42-65-63(47-57)64-48-58(56-35-20-37-60(45-56)74-81-69(51-26-11-3-12-27-51)77-70(82-74)52-28-13-4-14-29-52)41-43-66(64)85(65)62-39-21-38-61(46-62)75-83-71(53-30-15-5-16-31-53)78-72(84-75)54-32-17-6-18-33-54/h1-48H. The molecule has 0 spiro atoms. The largest absolute Gasteiger partial charge is 0.309 e. The SMILES string of the molecule is c1ccc(-c2nc(-c3ccccc3)nc(-c3cccc(-c4ccc5c(c4)c4cc(-c6cccc(-c7nc(-c8ccccc8)nc(-c8ccccc8)n7)c6)ccc4n5-c4cccc(-c5nc(-c6ccccc6)nc(-c6ccccc6)n5)c4)c3)n2)cc1. The normalized spacial score (nSPS) is 11.3. The van der Waals surface area contributed by atoms with E-state index >= 15 is 0 Å². The highest BCUT2D eigenvalue weighted by molar-refractivity contribution is 6.12. The van der Waals surface area contributed by atoms with Crippen LogP contribution in [0, 0.1) is 0 Å². The Bertz CT molecular complexity index is 4520. The first-order valence-electron chi connectivity index (χ1n) is 28.1. The molecule has 4 heterocycles. The highest BCUT2D eigenvalue weighted by atomic mass is 15.1. The molecule has 0 bridgehead atoms. The average molecular weight is 1090 g/mol. The van der Waals surface area contributed by atoms with E-state index < -0.39 is 0 Å². The van der Waals surface area contributed by atoms with Crippen molar-refractivity contribution in [1.82, 2.24) is 49.4 Å². The maximum atomic E-state index is 5.12. The van der Waals surface area contributed by atoms with Crippen molar-refractivity contribution in [2.24, 2.45) is 0 Å². The molecule has 4 aromatic heterocycles. The van der Waals surface area contributed by atoms with E-state index in [0.29, 0.717) is 52.4 Å². The van der Waals surface area contributed by atoms with Gasteiger partial charge in [0.15, 0.2) is 52.4 Å². The van der Waals surface area contributed by atoms with E-state index in [1.165, 1.54) is 0 Å². The van der Waals surface area contributed by atoms with E-state index in [2.05, 4.69) is 114 Å². The van der Waals surface area contributed by atoms with E-state index in [0.717, 1.165) is 99.8 Å². The number of fused-ring (bicyclic) bond motifs is 3. The topological polar surface area (TPSA) is 121 Å². The molecule has 0 saturated carbocycles. The number of aromatic nitrogens is 10. The Morgan fingerprint density at radius 2 is 0.388 bits per heavy atom. The van der Waals surface area contributed by atoms with Crippen molar-refractivity contribution in [3.05, 3.63) is 291 Å². The maximum absolute atomic E-state index is 5.12. The Morgan fingerprint density at radius 3 is 0.682 bits per heavy atom. The monoisotopic (exact) mass is 1090 g/mol. The van der Waals surface area contributed by atoms with Gasteiger partial charge in [0, 0.05) is 66.5 Å². The van der Waals surface area contributed by atoms with Crippen molar-refractivity contribution in [2.45, 2.75) is 0 Å². The lowest BCUT2D eigenvalue weighted by Crippen LogP contribution is -2.01. The first-order valence-corrected chi connectivity index (χ1v) is 28.1. The Hall–Kier alpha value is -11.8. The summed E-state index contributed by atoms with van der Waals surface area (Å²) >= 11 is 0. The third kappa shape index (κ3) is 10.1. The third-order valence-electron chi connectivity index (χ3n) is 15.1. The first-order chi connectivity index (χ1) is 42.1. The summed E-state index contributed by atoms with van der Waals surface area (Å²) in [5, 5.41) is 2.16. The van der Waals surface area contributed by atoms with Crippen LogP contribution >= 0.6 is 0 Å². The lowest BCUT2D eigenvalue weighted by Gasteiger charge is -2.12. The van der Waals surface area contributed by atoms with Gasteiger partial charge in [0.2, 0.25) is 0 Å². The van der Waals surface area contributed by atoms with Gasteiger partial charge in [-0.1, -0.05) is 243 Å². The molecule has 0 saturated heterocycles. The molecule has 398 valence electrons. The van der Waals surface area contributed by atoms with Crippen molar-refractivity contribution < 1.29 is 0 Å². The summed E-state index contributed by atoms with van der Waals surface area (Å²) in [6, 6.07) is 99.3. The van der Waals surface area contributed by atoms with Crippen molar-refractivity contribution in [3.8, 4) is 130 Å². The zero-order valence-corrected chi connectivity index (χ0v) is 45.7. The predicted molar refractivity (Wildman–Crippen MR) is 341 cm³/mol. The van der Waals surface area contributed by atoms with Crippen LogP contribution in [0.25, 0.3) is 152 Å². The van der Waals surface area contributed by atoms with Gasteiger partial charge in [-0.25, -0.2) is 44.9 Å². The molecular formula is C75H48N10. The first kappa shape index (κ1) is 50.2. The molecule has 15 aromatic rings. The highest BCUT2D eigenvalue weighted by Crippen LogP contribution is 2.40. The second-order valence-corrected chi connectivity index (χ2v) is 20.6. The minimum absolute atomic E-state index is 0.578. The van der Waals surface area contributed by atoms with Crippen LogP contribution in [0.3, 0.4) is 0 Å². The molecule has 0 unspecified atom stereocenters. The van der Waals surface area contributed by atoms with Gasteiger partial charge in [-0.05, 0) is 70.8 Å². The molecule has 0 fully saturated rings. The zero-order chi connectivity index (χ0) is 56.5. The van der Waals surface area contributed by atoms with E-state index in [1.54, 1.807) is 0 Å². The van der Waals surface area contributed by atoms with Gasteiger partial charge in [0.1, 0.15) is 0 Å². The molecule has 0 N–H and O–H groups in total. The molecule has 0 aliphatic rings. The fraction of sp³-hybridized carbons (Fsp3) is 0. The van der Waals surface area contributed by atoms with Gasteiger partial charge in [0.25, 0.3) is 0 Å². The van der Waals surface area contributed by atoms with Gasteiger partial charge < -0.3 is 4.57 Å². The quantitative estimate of drug-likeness (QED) is 0.118. The van der Waals surface area contributed by atoms with Crippen molar-refractivity contribution in [2.75, 3.05) is 0 Å². The van der Waals surface area contributed by atoms with Crippen LogP contribution < -0.4 is 0 Å². The smallest absolute Gasteiger partial charge is 0.164 e. The van der Waals surface area contributed by atoms with Gasteiger partial charge in [-0.3, -0.25) is 0 Å². The number of rotatable bonds is 12. The number of hydrogen-bond acceptors (Lipinski definition) is 9. The van der Waals surface area contributed by atoms with Crippen LogP contribution in [0.4, 0.5) is 0 Å². The lowest BCUT2D eigenvalue weighted by molar-refractivity contribution is 1.07. The predicted octanol–water partition coefficient (Wildman–Crippen LogP) is 17.7. The average Bonchev–Trinajstić information content (AvgIpc) is 2.99. The van der Waals surface area contributed by atoms with E-state index in [9.17, 15) is 0 Å². The fourth-order valence-electron chi connectivity index (χ4n) is 10.9. The summed E-state index contributed by atoms with van der Waals surface area (Å²) in [6.45, 7) is 0. The van der Waals surface area contributed by atoms with Crippen LogP contribution in [0.2, 0.25) is 0 Å². The third-order valence-corrected chi connectivity index (χ3v) is 15.1. The van der Waals surface area contributed by atoms with Crippen LogP contribution in [-0.4, -0.2) is 49.4 Å². The molecule has 0 atom stereocenters. The second-order valence-electron chi connectivity index (χ2n) is 20.6. The fourth-order valence-corrected chi connectivity index (χ4v) is 10.9. The maximum Gasteiger partial charge on any atom is 0.164 e. The lowest BCUT2D eigenvalue weighted by atomic mass is 9.98. The van der Waals surface area contributed by atoms with Crippen LogP contribution in [-0.2, 0) is 0 Å². The van der Waals surface area contributed by atoms with Crippen molar-refractivity contribution in [3.63, 3.8) is 0 Å². The Balaban J connectivity index is 0.882. The molecule has 85 heavy (non-hydrogen) atoms. The van der Waals surface area contributed by atoms with Crippen LogP contribution in [0.1, 0.15) is 0 Å². The summed E-state index contributed by atoms with van der Waals surface area (Å²) in [4.78, 5) is 45.5. The minimum atomic E-state index is 0.578. The van der Waals surface area contributed by atoms with Crippen LogP contribution in [0.5, 0.6) is 0 Å². The number of nitrogens with zero attached hydrogens (tertiary/aromatic N) is 10. The molecule has 10 heteroatoms. The summed E-state index contributed by atoms with van der Waals surface area (Å²) in [5.74, 6) is 5.42. The van der Waals surface area contributed by atoms with Gasteiger partial charge >= 0.3 is 0 Å². The second kappa shape index (κ2) is 22.0. The molecule has 0 radical (unpaired) electrons. The molecule has 15 rings (SSSR count). The Morgan fingerprint density at radius 1 is 0.165 bits per heavy atom. The minimum Gasteiger partial charge on any atom is -0.309 e. The Kier molecular flexibility index (Phi) is 13.0. The summed E-state index contributed by atoms with van der Waals surface area (Å²) < 4.78 is 2.34. The van der Waals surface area contributed by atoms with Crippen LogP contribution in [0.15, 0.2) is 291 Å². The van der Waals surface area contributed by atoms with Gasteiger partial charge in [0.05, 0.1) is 11.0 Å². The van der Waals surface area contributed by atoms with Crippen molar-refractivity contribution >= 4 is 21.8 Å². The summed E-state index contributed by atoms with van der Waals surface area (Å²) in [5.41, 5.74) is 15.3. The van der Waals surface area contributed by atoms with E-state index in [-0.39, 0.29) is 0 Å². The number of hydrogen-bond donors (Lipinski definition) is 0. The molecular weight excluding hydrogens is 1040 g/mol.